The van der Waals surface area contributed by atoms with Gasteiger partial charge in [-0.1, -0.05) is 18.2 Å². The molecule has 0 atom stereocenters. The molecule has 1 aromatic carbocycles. The molecule has 2 aromatic rings. The van der Waals surface area contributed by atoms with Gasteiger partial charge in [0.05, 0.1) is 5.69 Å². The van der Waals surface area contributed by atoms with Gasteiger partial charge < -0.3 is 5.73 Å². The smallest absolute Gasteiger partial charge is 0.222 e. The van der Waals surface area contributed by atoms with Gasteiger partial charge in [0.15, 0.2) is 5.13 Å². The number of rotatable bonds is 1. The van der Waals surface area contributed by atoms with Crippen LogP contribution in [0.15, 0.2) is 35.3 Å². The normalized spacial score (nSPS) is 11.8. The van der Waals surface area contributed by atoms with Gasteiger partial charge in [-0.2, -0.15) is 4.98 Å². The Hall–Kier alpha value is -1.20. The Morgan fingerprint density at radius 1 is 1.15 bits per heavy atom. The number of aromatic nitrogens is 1. The molecule has 13 heavy (non-hydrogen) atoms. The van der Waals surface area contributed by atoms with Crippen molar-refractivity contribution in [3.8, 4) is 0 Å². The van der Waals surface area contributed by atoms with Crippen molar-refractivity contribution in [1.82, 2.24) is 4.98 Å². The lowest BCUT2D eigenvalue weighted by atomic mass is 10.3. The summed E-state index contributed by atoms with van der Waals surface area (Å²) in [6, 6.07) is 9.71. The van der Waals surface area contributed by atoms with Gasteiger partial charge in [-0.05, 0) is 32.8 Å². The van der Waals surface area contributed by atoms with E-state index >= 15 is 0 Å². The average Bonchev–Trinajstić information content (AvgIpc) is 2.53. The van der Waals surface area contributed by atoms with Gasteiger partial charge in [-0.3, -0.25) is 0 Å². The fourth-order valence-electron chi connectivity index (χ4n) is 0.868. The topological polar surface area (TPSA) is 51.3 Å². The average molecular weight is 209 g/mol. The first-order valence-electron chi connectivity index (χ1n) is 3.67. The molecular formula is C8H7N3S2. The van der Waals surface area contributed by atoms with E-state index in [0.717, 1.165) is 5.69 Å². The van der Waals surface area contributed by atoms with Crippen molar-refractivity contribution in [2.45, 2.75) is 0 Å². The van der Waals surface area contributed by atoms with Crippen LogP contribution in [-0.2, 0) is 0 Å². The van der Waals surface area contributed by atoms with Crippen LogP contribution in [-0.4, -0.2) is 4.98 Å². The predicted octanol–water partition coefficient (Wildman–Crippen LogP) is 2.02. The van der Waals surface area contributed by atoms with Crippen molar-refractivity contribution >= 4 is 31.5 Å². The lowest BCUT2D eigenvalue weighted by Gasteiger charge is -1.86. The lowest BCUT2D eigenvalue weighted by molar-refractivity contribution is 1.25. The van der Waals surface area contributed by atoms with E-state index in [0.29, 0.717) is 9.93 Å². The standard InChI is InChI=1S/C8H7N3S2/c9-7-11-8(13-12-7)10-6-4-2-1-3-5-6/h1-5H,(H2,9,10,11). The van der Waals surface area contributed by atoms with E-state index in [2.05, 4.69) is 9.98 Å². The zero-order chi connectivity index (χ0) is 9.10. The molecule has 0 saturated carbocycles. The number of nitrogens with zero attached hydrogens (tertiary/aromatic N) is 2. The van der Waals surface area contributed by atoms with Gasteiger partial charge in [0.1, 0.15) is 0 Å². The molecule has 0 unspecified atom stereocenters. The third-order valence-corrected chi connectivity index (χ3v) is 3.27. The van der Waals surface area contributed by atoms with Crippen molar-refractivity contribution in [2.24, 2.45) is 4.99 Å². The van der Waals surface area contributed by atoms with Crippen LogP contribution in [0.3, 0.4) is 0 Å². The highest BCUT2D eigenvalue weighted by molar-refractivity contribution is 7.69. The summed E-state index contributed by atoms with van der Waals surface area (Å²) in [5, 5.41) is 0.569. The summed E-state index contributed by atoms with van der Waals surface area (Å²) in [6.45, 7) is 0. The second-order valence-electron chi connectivity index (χ2n) is 2.35. The molecule has 0 amide bonds. The van der Waals surface area contributed by atoms with Crippen LogP contribution in [0.1, 0.15) is 0 Å². The van der Waals surface area contributed by atoms with Gasteiger partial charge in [-0.25, -0.2) is 4.99 Å². The maximum Gasteiger partial charge on any atom is 0.222 e. The summed E-state index contributed by atoms with van der Waals surface area (Å²) in [7, 11) is 2.92. The van der Waals surface area contributed by atoms with Crippen molar-refractivity contribution in [3.63, 3.8) is 0 Å². The molecule has 0 aliphatic carbocycles. The minimum atomic E-state index is 0.569. The Labute approximate surface area is 82.6 Å². The maximum absolute atomic E-state index is 5.49. The van der Waals surface area contributed by atoms with Gasteiger partial charge in [-0.15, -0.1) is 0 Å². The number of benzene rings is 1. The highest BCUT2D eigenvalue weighted by Gasteiger charge is 1.91. The predicted molar refractivity (Wildman–Crippen MR) is 56.1 cm³/mol. The van der Waals surface area contributed by atoms with Crippen molar-refractivity contribution < 1.29 is 0 Å². The van der Waals surface area contributed by atoms with Crippen LogP contribution in [0, 0.1) is 0 Å². The summed E-state index contributed by atoms with van der Waals surface area (Å²) in [4.78, 5) is 9.07. The lowest BCUT2D eigenvalue weighted by Crippen LogP contribution is -1.97. The largest absolute Gasteiger partial charge is 0.374 e. The Morgan fingerprint density at radius 2 is 1.92 bits per heavy atom. The van der Waals surface area contributed by atoms with Crippen LogP contribution in [0.5, 0.6) is 0 Å². The first-order valence-corrected chi connectivity index (χ1v) is 5.82. The second-order valence-corrected chi connectivity index (χ2v) is 4.46. The fraction of sp³-hybridized carbons (Fsp3) is 0. The molecule has 0 radical (unpaired) electrons. The first-order chi connectivity index (χ1) is 6.34. The highest BCUT2D eigenvalue weighted by atomic mass is 32.9. The molecule has 66 valence electrons. The van der Waals surface area contributed by atoms with E-state index in [1.165, 1.54) is 20.7 Å². The zero-order valence-corrected chi connectivity index (χ0v) is 8.31. The molecule has 5 heteroatoms. The summed E-state index contributed by atoms with van der Waals surface area (Å²) < 4.78 is 0. The van der Waals surface area contributed by atoms with E-state index < -0.39 is 0 Å². The number of hydrogen-bond donors (Lipinski definition) is 1. The molecule has 0 spiro atoms. The quantitative estimate of drug-likeness (QED) is 0.730. The minimum absolute atomic E-state index is 0.569. The van der Waals surface area contributed by atoms with Gasteiger partial charge in [0.2, 0.25) is 4.80 Å². The van der Waals surface area contributed by atoms with Crippen LogP contribution < -0.4 is 10.5 Å². The number of nitrogen functional groups attached to an aromatic ring is 1. The Kier molecular flexibility index (Phi) is 2.37. The molecule has 1 heterocycles. The maximum atomic E-state index is 5.49. The third-order valence-electron chi connectivity index (χ3n) is 1.39. The molecular weight excluding hydrogens is 202 g/mol. The second kappa shape index (κ2) is 3.68. The van der Waals surface area contributed by atoms with Crippen LogP contribution in [0.25, 0.3) is 0 Å². The van der Waals surface area contributed by atoms with Crippen molar-refractivity contribution in [1.29, 1.82) is 0 Å². The Morgan fingerprint density at radius 3 is 2.54 bits per heavy atom. The Balaban J connectivity index is 2.42. The van der Waals surface area contributed by atoms with E-state index in [-0.39, 0.29) is 0 Å². The third kappa shape index (κ3) is 2.13. The molecule has 1 aromatic heterocycles. The molecule has 2 rings (SSSR count). The summed E-state index contributed by atoms with van der Waals surface area (Å²) >= 11 is 0. The first kappa shape index (κ1) is 8.40. The van der Waals surface area contributed by atoms with Crippen LogP contribution >= 0.6 is 20.7 Å². The minimum Gasteiger partial charge on any atom is -0.374 e. The van der Waals surface area contributed by atoms with Crippen LogP contribution in [0.2, 0.25) is 0 Å². The number of anilines is 1. The summed E-state index contributed by atoms with van der Waals surface area (Å²) in [5.41, 5.74) is 6.40. The van der Waals surface area contributed by atoms with E-state index in [4.69, 9.17) is 5.73 Å². The van der Waals surface area contributed by atoms with Gasteiger partial charge >= 0.3 is 0 Å². The van der Waals surface area contributed by atoms with Gasteiger partial charge in [0.25, 0.3) is 0 Å². The van der Waals surface area contributed by atoms with Gasteiger partial charge in [0, 0.05) is 0 Å². The SMILES string of the molecule is Nc1nc(=Nc2ccccc2)ss1. The van der Waals surface area contributed by atoms with Crippen molar-refractivity contribution in [2.75, 3.05) is 5.73 Å². The van der Waals surface area contributed by atoms with Crippen LogP contribution in [0.4, 0.5) is 10.8 Å². The molecule has 0 bridgehead atoms. The Bertz CT molecular complexity index is 444. The number of hydrogen-bond acceptors (Lipinski definition) is 5. The molecule has 3 nitrogen and oxygen atoms in total. The van der Waals surface area contributed by atoms with E-state index in [1.807, 2.05) is 30.3 Å². The summed E-state index contributed by atoms with van der Waals surface area (Å²) in [6.07, 6.45) is 0. The molecule has 0 fully saturated rings. The molecule has 0 aliphatic heterocycles. The summed E-state index contributed by atoms with van der Waals surface area (Å²) in [5.74, 6) is 0. The van der Waals surface area contributed by atoms with Crippen molar-refractivity contribution in [3.05, 3.63) is 35.1 Å². The molecule has 0 aliphatic rings. The fourth-order valence-corrected chi connectivity index (χ4v) is 2.30. The number of para-hydroxylation sites is 1. The monoisotopic (exact) mass is 209 g/mol. The molecule has 0 saturated heterocycles. The van der Waals surface area contributed by atoms with E-state index in [1.54, 1.807) is 0 Å². The van der Waals surface area contributed by atoms with E-state index in [9.17, 15) is 0 Å². The number of nitrogens with two attached hydrogens (primary N) is 1. The molecule has 2 N–H and O–H groups in total. The highest BCUT2D eigenvalue weighted by Crippen LogP contribution is 2.11. The zero-order valence-electron chi connectivity index (χ0n) is 6.68.